The summed E-state index contributed by atoms with van der Waals surface area (Å²) in [6, 6.07) is 10.0. The summed E-state index contributed by atoms with van der Waals surface area (Å²) in [7, 11) is 1.88. The average Bonchev–Trinajstić information content (AvgIpc) is 2.95. The van der Waals surface area contributed by atoms with Gasteiger partial charge in [-0.05, 0) is 12.6 Å². The van der Waals surface area contributed by atoms with Gasteiger partial charge in [0.05, 0.1) is 12.1 Å². The van der Waals surface area contributed by atoms with Crippen molar-refractivity contribution in [3.8, 4) is 0 Å². The highest BCUT2D eigenvalue weighted by molar-refractivity contribution is 8.01. The summed E-state index contributed by atoms with van der Waals surface area (Å²) < 4.78 is 1.03. The highest BCUT2D eigenvalue weighted by atomic mass is 32.2. The summed E-state index contributed by atoms with van der Waals surface area (Å²) in [5.74, 6) is 0.748. The molecule has 0 spiro atoms. The first-order valence-electron chi connectivity index (χ1n) is 5.68. The number of benzene rings is 1. The number of thiazole rings is 1. The van der Waals surface area contributed by atoms with Crippen LogP contribution in [0.25, 0.3) is 0 Å². The molecule has 96 valence electrons. The molecule has 5 heteroatoms. The van der Waals surface area contributed by atoms with Crippen LogP contribution in [0.1, 0.15) is 5.56 Å². The molecule has 1 aromatic heterocycles. The maximum Gasteiger partial charge on any atom is 0.149 e. The van der Waals surface area contributed by atoms with Gasteiger partial charge in [-0.15, -0.1) is 11.3 Å². The Kier molecular flexibility index (Phi) is 4.77. The summed E-state index contributed by atoms with van der Waals surface area (Å²) in [4.78, 5) is 4.25. The second-order valence-electron chi connectivity index (χ2n) is 3.94. The minimum Gasteiger partial charge on any atom is -0.394 e. The third-order valence-electron chi connectivity index (χ3n) is 2.93. The Hall–Kier alpha value is -0.880. The molecule has 0 aliphatic carbocycles. The van der Waals surface area contributed by atoms with E-state index >= 15 is 0 Å². The van der Waals surface area contributed by atoms with Crippen molar-refractivity contribution in [2.45, 2.75) is 9.88 Å². The Morgan fingerprint density at radius 1 is 1.39 bits per heavy atom. The molecule has 0 fully saturated rings. The van der Waals surface area contributed by atoms with Gasteiger partial charge in [0.25, 0.3) is 0 Å². The van der Waals surface area contributed by atoms with Gasteiger partial charge in [0, 0.05) is 17.3 Å². The first-order chi connectivity index (χ1) is 8.80. The fourth-order valence-corrected chi connectivity index (χ4v) is 3.62. The Balaban J connectivity index is 2.16. The average molecular weight is 280 g/mol. The number of hydrogen-bond acceptors (Lipinski definition) is 5. The summed E-state index contributed by atoms with van der Waals surface area (Å²) in [6.45, 7) is 0.0614. The van der Waals surface area contributed by atoms with Gasteiger partial charge in [-0.3, -0.25) is 0 Å². The summed E-state index contributed by atoms with van der Waals surface area (Å²) in [5, 5.41) is 15.0. The van der Waals surface area contributed by atoms with Crippen molar-refractivity contribution in [2.75, 3.05) is 19.4 Å². The van der Waals surface area contributed by atoms with Crippen molar-refractivity contribution < 1.29 is 5.11 Å². The van der Waals surface area contributed by atoms with Crippen LogP contribution in [0.2, 0.25) is 0 Å². The van der Waals surface area contributed by atoms with Crippen molar-refractivity contribution in [3.63, 3.8) is 0 Å². The van der Waals surface area contributed by atoms with Gasteiger partial charge in [0.15, 0.2) is 0 Å². The molecule has 1 atom stereocenters. The predicted octanol–water partition coefficient (Wildman–Crippen LogP) is 2.34. The van der Waals surface area contributed by atoms with Gasteiger partial charge in [-0.1, -0.05) is 42.1 Å². The molecule has 1 unspecified atom stereocenters. The van der Waals surface area contributed by atoms with E-state index in [9.17, 15) is 5.11 Å². The van der Waals surface area contributed by atoms with Crippen LogP contribution < -0.4 is 5.32 Å². The van der Waals surface area contributed by atoms with E-state index in [1.807, 2.05) is 42.8 Å². The molecule has 18 heavy (non-hydrogen) atoms. The zero-order valence-corrected chi connectivity index (χ0v) is 11.8. The SMILES string of the molecule is CNC(CO)(CSc1nccs1)c1ccccc1. The van der Waals surface area contributed by atoms with Crippen molar-refractivity contribution >= 4 is 23.1 Å². The summed E-state index contributed by atoms with van der Waals surface area (Å²) in [5.41, 5.74) is 0.677. The lowest BCUT2D eigenvalue weighted by Gasteiger charge is -2.31. The minimum absolute atomic E-state index is 0.0614. The molecular formula is C13H16N2OS2. The molecule has 0 aliphatic rings. The fourth-order valence-electron chi connectivity index (χ4n) is 1.74. The van der Waals surface area contributed by atoms with Crippen LogP contribution in [-0.4, -0.2) is 29.5 Å². The first kappa shape index (κ1) is 13.5. The minimum atomic E-state index is -0.419. The second-order valence-corrected chi connectivity index (χ2v) is 6.06. The lowest BCUT2D eigenvalue weighted by atomic mass is 9.93. The normalized spacial score (nSPS) is 14.3. The number of nitrogens with one attached hydrogen (secondary N) is 1. The number of hydrogen-bond donors (Lipinski definition) is 2. The van der Waals surface area contributed by atoms with E-state index in [1.54, 1.807) is 29.3 Å². The Morgan fingerprint density at radius 2 is 2.17 bits per heavy atom. The van der Waals surface area contributed by atoms with E-state index in [0.29, 0.717) is 0 Å². The van der Waals surface area contributed by atoms with Crippen molar-refractivity contribution in [2.24, 2.45) is 0 Å². The number of likely N-dealkylation sites (N-methyl/N-ethyl adjacent to an activating group) is 1. The maximum atomic E-state index is 9.77. The van der Waals surface area contributed by atoms with Gasteiger partial charge in [0.2, 0.25) is 0 Å². The molecule has 0 aliphatic heterocycles. The maximum absolute atomic E-state index is 9.77. The van der Waals surface area contributed by atoms with Gasteiger partial charge in [0.1, 0.15) is 4.34 Å². The van der Waals surface area contributed by atoms with E-state index < -0.39 is 5.54 Å². The molecule has 0 bridgehead atoms. The third-order valence-corrected chi connectivity index (χ3v) is 5.12. The number of thioether (sulfide) groups is 1. The van der Waals surface area contributed by atoms with E-state index in [4.69, 9.17) is 0 Å². The smallest absolute Gasteiger partial charge is 0.149 e. The van der Waals surface area contributed by atoms with E-state index in [1.165, 1.54) is 0 Å². The molecule has 2 rings (SSSR count). The van der Waals surface area contributed by atoms with Crippen LogP contribution in [-0.2, 0) is 5.54 Å². The molecule has 0 amide bonds. The monoisotopic (exact) mass is 280 g/mol. The van der Waals surface area contributed by atoms with Gasteiger partial charge >= 0.3 is 0 Å². The van der Waals surface area contributed by atoms with Crippen LogP contribution in [0.5, 0.6) is 0 Å². The van der Waals surface area contributed by atoms with Crippen LogP contribution in [0.15, 0.2) is 46.2 Å². The van der Waals surface area contributed by atoms with E-state index in [0.717, 1.165) is 15.7 Å². The Labute approximate surface area is 115 Å². The number of rotatable bonds is 6. The second kappa shape index (κ2) is 6.33. The highest BCUT2D eigenvalue weighted by Crippen LogP contribution is 2.30. The fraction of sp³-hybridized carbons (Fsp3) is 0.308. The lowest BCUT2D eigenvalue weighted by molar-refractivity contribution is 0.187. The molecule has 0 saturated heterocycles. The molecule has 2 aromatic rings. The molecular weight excluding hydrogens is 264 g/mol. The van der Waals surface area contributed by atoms with Crippen molar-refractivity contribution in [1.29, 1.82) is 0 Å². The number of aliphatic hydroxyl groups is 1. The quantitative estimate of drug-likeness (QED) is 0.797. The largest absolute Gasteiger partial charge is 0.394 e. The zero-order valence-electron chi connectivity index (χ0n) is 10.2. The van der Waals surface area contributed by atoms with Crippen LogP contribution in [0.3, 0.4) is 0 Å². The van der Waals surface area contributed by atoms with E-state index in [2.05, 4.69) is 10.3 Å². The molecule has 3 nitrogen and oxygen atoms in total. The molecule has 1 aromatic carbocycles. The van der Waals surface area contributed by atoms with Crippen LogP contribution in [0.4, 0.5) is 0 Å². The third kappa shape index (κ3) is 2.92. The Morgan fingerprint density at radius 3 is 2.72 bits per heavy atom. The van der Waals surface area contributed by atoms with E-state index in [-0.39, 0.29) is 6.61 Å². The first-order valence-corrected chi connectivity index (χ1v) is 7.55. The number of aliphatic hydroxyl groups excluding tert-OH is 1. The molecule has 1 heterocycles. The lowest BCUT2D eigenvalue weighted by Crippen LogP contribution is -2.45. The van der Waals surface area contributed by atoms with Gasteiger partial charge in [-0.25, -0.2) is 4.98 Å². The molecule has 0 radical (unpaired) electrons. The molecule has 2 N–H and O–H groups in total. The van der Waals surface area contributed by atoms with Crippen molar-refractivity contribution in [1.82, 2.24) is 10.3 Å². The molecule has 0 saturated carbocycles. The predicted molar refractivity (Wildman–Crippen MR) is 77.1 cm³/mol. The van der Waals surface area contributed by atoms with Crippen molar-refractivity contribution in [3.05, 3.63) is 47.5 Å². The Bertz CT molecular complexity index is 455. The number of aromatic nitrogens is 1. The standard InChI is InChI=1S/C13H16N2OS2/c1-14-13(9-16,11-5-3-2-4-6-11)10-18-12-15-7-8-17-12/h2-8,14,16H,9-10H2,1H3. The highest BCUT2D eigenvalue weighted by Gasteiger charge is 2.30. The van der Waals surface area contributed by atoms with Gasteiger partial charge in [-0.2, -0.15) is 0 Å². The number of nitrogens with zero attached hydrogens (tertiary/aromatic N) is 1. The summed E-state index contributed by atoms with van der Waals surface area (Å²) >= 11 is 3.29. The zero-order chi connectivity index (χ0) is 12.8. The van der Waals surface area contributed by atoms with Gasteiger partial charge < -0.3 is 10.4 Å². The topological polar surface area (TPSA) is 45.1 Å². The van der Waals surface area contributed by atoms with Crippen LogP contribution in [0, 0.1) is 0 Å². The van der Waals surface area contributed by atoms with Crippen LogP contribution >= 0.6 is 23.1 Å². The summed E-state index contributed by atoms with van der Waals surface area (Å²) in [6.07, 6.45) is 1.80.